The van der Waals surface area contributed by atoms with Gasteiger partial charge in [0.2, 0.25) is 0 Å². The van der Waals surface area contributed by atoms with Crippen LogP contribution >= 0.6 is 0 Å². The summed E-state index contributed by atoms with van der Waals surface area (Å²) in [5.41, 5.74) is 5.00. The van der Waals surface area contributed by atoms with Crippen LogP contribution in [-0.2, 0) is 6.42 Å². The standard InChI is InChI=1S/C23H28N2/c1-3-19-6-8-20(9-7-19)16-24-25-17-21-10-14-23(15-11-21)22-12-4-18(2)5-13-22/h6-11,14-18,22H,3-5,12-13H2,1-2H3. The fourth-order valence-corrected chi connectivity index (χ4v) is 3.49. The molecule has 0 aliphatic heterocycles. The van der Waals surface area contributed by atoms with Crippen molar-refractivity contribution in [1.29, 1.82) is 0 Å². The second-order valence-electron chi connectivity index (χ2n) is 7.21. The van der Waals surface area contributed by atoms with Gasteiger partial charge in [-0.1, -0.05) is 75.2 Å². The first-order valence-electron chi connectivity index (χ1n) is 9.50. The van der Waals surface area contributed by atoms with E-state index in [1.54, 1.807) is 6.21 Å². The molecule has 1 saturated carbocycles. The minimum Gasteiger partial charge on any atom is -0.159 e. The Morgan fingerprint density at radius 1 is 0.800 bits per heavy atom. The Kier molecular flexibility index (Phi) is 6.16. The summed E-state index contributed by atoms with van der Waals surface area (Å²) in [6, 6.07) is 17.3. The number of rotatable bonds is 5. The van der Waals surface area contributed by atoms with E-state index in [4.69, 9.17) is 0 Å². The fourth-order valence-electron chi connectivity index (χ4n) is 3.49. The highest BCUT2D eigenvalue weighted by atomic mass is 15.2. The molecule has 0 spiro atoms. The van der Waals surface area contributed by atoms with Gasteiger partial charge in [0, 0.05) is 0 Å². The van der Waals surface area contributed by atoms with Crippen molar-refractivity contribution < 1.29 is 0 Å². The fraction of sp³-hybridized carbons (Fsp3) is 0.391. The van der Waals surface area contributed by atoms with Crippen LogP contribution in [0.2, 0.25) is 0 Å². The molecule has 0 atom stereocenters. The largest absolute Gasteiger partial charge is 0.159 e. The summed E-state index contributed by atoms with van der Waals surface area (Å²) in [6.07, 6.45) is 10.1. The first-order valence-corrected chi connectivity index (χ1v) is 9.50. The molecule has 1 aliphatic carbocycles. The number of nitrogens with zero attached hydrogens (tertiary/aromatic N) is 2. The molecule has 2 nitrogen and oxygen atoms in total. The summed E-state index contributed by atoms with van der Waals surface area (Å²) in [4.78, 5) is 0. The Morgan fingerprint density at radius 2 is 1.32 bits per heavy atom. The second kappa shape index (κ2) is 8.75. The van der Waals surface area contributed by atoms with Crippen LogP contribution in [0, 0.1) is 5.92 Å². The zero-order valence-electron chi connectivity index (χ0n) is 15.4. The lowest BCUT2D eigenvalue weighted by Gasteiger charge is -2.26. The van der Waals surface area contributed by atoms with Crippen molar-refractivity contribution in [3.63, 3.8) is 0 Å². The zero-order chi connectivity index (χ0) is 17.5. The molecular formula is C23H28N2. The van der Waals surface area contributed by atoms with Gasteiger partial charge in [0.15, 0.2) is 0 Å². The van der Waals surface area contributed by atoms with Crippen molar-refractivity contribution >= 4 is 12.4 Å². The monoisotopic (exact) mass is 332 g/mol. The van der Waals surface area contributed by atoms with Gasteiger partial charge in [0.05, 0.1) is 12.4 Å². The summed E-state index contributed by atoms with van der Waals surface area (Å²) < 4.78 is 0. The second-order valence-corrected chi connectivity index (χ2v) is 7.21. The predicted molar refractivity (Wildman–Crippen MR) is 108 cm³/mol. The van der Waals surface area contributed by atoms with Crippen molar-refractivity contribution in [3.05, 3.63) is 70.8 Å². The highest BCUT2D eigenvalue weighted by molar-refractivity contribution is 5.82. The Hall–Kier alpha value is -2.22. The Labute approximate surface area is 151 Å². The topological polar surface area (TPSA) is 24.7 Å². The SMILES string of the molecule is CCc1ccc(C=NN=Cc2ccc(C3CCC(C)CC3)cc2)cc1. The number of aryl methyl sites for hydroxylation is 1. The van der Waals surface area contributed by atoms with Crippen LogP contribution < -0.4 is 0 Å². The third kappa shape index (κ3) is 5.12. The van der Waals surface area contributed by atoms with Gasteiger partial charge in [0.25, 0.3) is 0 Å². The van der Waals surface area contributed by atoms with Gasteiger partial charge in [0.1, 0.15) is 0 Å². The van der Waals surface area contributed by atoms with E-state index in [0.717, 1.165) is 29.4 Å². The average Bonchev–Trinajstić information content (AvgIpc) is 2.67. The number of benzene rings is 2. The van der Waals surface area contributed by atoms with E-state index in [-0.39, 0.29) is 0 Å². The van der Waals surface area contributed by atoms with Gasteiger partial charge < -0.3 is 0 Å². The van der Waals surface area contributed by atoms with Crippen molar-refractivity contribution in [1.82, 2.24) is 0 Å². The summed E-state index contributed by atoms with van der Waals surface area (Å²) in [5.74, 6) is 1.64. The normalized spacial score (nSPS) is 21.2. The minimum absolute atomic E-state index is 0.742. The van der Waals surface area contributed by atoms with Gasteiger partial charge in [-0.05, 0) is 53.4 Å². The van der Waals surface area contributed by atoms with Crippen LogP contribution in [0.15, 0.2) is 58.7 Å². The van der Waals surface area contributed by atoms with E-state index in [2.05, 4.69) is 72.6 Å². The molecule has 25 heavy (non-hydrogen) atoms. The van der Waals surface area contributed by atoms with Crippen molar-refractivity contribution in [2.45, 2.75) is 51.9 Å². The molecular weight excluding hydrogens is 304 g/mol. The van der Waals surface area contributed by atoms with E-state index in [1.165, 1.54) is 36.8 Å². The zero-order valence-corrected chi connectivity index (χ0v) is 15.4. The quantitative estimate of drug-likeness (QED) is 0.474. The van der Waals surface area contributed by atoms with E-state index >= 15 is 0 Å². The molecule has 2 heteroatoms. The van der Waals surface area contributed by atoms with Gasteiger partial charge in [-0.2, -0.15) is 10.2 Å². The summed E-state index contributed by atoms with van der Waals surface area (Å²) >= 11 is 0. The highest BCUT2D eigenvalue weighted by Gasteiger charge is 2.19. The molecule has 0 heterocycles. The average molecular weight is 332 g/mol. The molecule has 0 saturated heterocycles. The Balaban J connectivity index is 1.55. The maximum atomic E-state index is 4.18. The predicted octanol–water partition coefficient (Wildman–Crippen LogP) is 6.00. The molecule has 0 bridgehead atoms. The Bertz CT molecular complexity index is 703. The molecule has 130 valence electrons. The maximum absolute atomic E-state index is 4.18. The first kappa shape index (κ1) is 17.6. The van der Waals surface area contributed by atoms with E-state index in [0.29, 0.717) is 0 Å². The lowest BCUT2D eigenvalue weighted by molar-refractivity contribution is 0.348. The lowest BCUT2D eigenvalue weighted by Crippen LogP contribution is -2.10. The molecule has 0 N–H and O–H groups in total. The van der Waals surface area contributed by atoms with Gasteiger partial charge in [-0.15, -0.1) is 0 Å². The van der Waals surface area contributed by atoms with Crippen LogP contribution in [0.4, 0.5) is 0 Å². The van der Waals surface area contributed by atoms with Crippen LogP contribution in [0.3, 0.4) is 0 Å². The molecule has 0 amide bonds. The molecule has 1 fully saturated rings. The third-order valence-electron chi connectivity index (χ3n) is 5.29. The van der Waals surface area contributed by atoms with Crippen LogP contribution in [0.5, 0.6) is 0 Å². The van der Waals surface area contributed by atoms with E-state index in [9.17, 15) is 0 Å². The molecule has 0 unspecified atom stereocenters. The van der Waals surface area contributed by atoms with Crippen LogP contribution in [-0.4, -0.2) is 12.4 Å². The first-order chi connectivity index (χ1) is 12.2. The van der Waals surface area contributed by atoms with Crippen molar-refractivity contribution in [2.75, 3.05) is 0 Å². The Morgan fingerprint density at radius 3 is 1.84 bits per heavy atom. The van der Waals surface area contributed by atoms with Gasteiger partial charge in [-0.25, -0.2) is 0 Å². The summed E-state index contributed by atoms with van der Waals surface area (Å²) in [7, 11) is 0. The number of hydrogen-bond acceptors (Lipinski definition) is 2. The molecule has 3 rings (SSSR count). The lowest BCUT2D eigenvalue weighted by atomic mass is 9.79. The minimum atomic E-state index is 0.742. The highest BCUT2D eigenvalue weighted by Crippen LogP contribution is 2.35. The molecule has 1 aliphatic rings. The van der Waals surface area contributed by atoms with E-state index in [1.807, 2.05) is 6.21 Å². The van der Waals surface area contributed by atoms with Gasteiger partial charge >= 0.3 is 0 Å². The van der Waals surface area contributed by atoms with Crippen LogP contribution in [0.1, 0.15) is 67.7 Å². The maximum Gasteiger partial charge on any atom is 0.0568 e. The molecule has 2 aromatic carbocycles. The summed E-state index contributed by atoms with van der Waals surface area (Å²) in [5, 5.41) is 8.33. The molecule has 0 aromatic heterocycles. The molecule has 0 radical (unpaired) electrons. The van der Waals surface area contributed by atoms with Crippen LogP contribution in [0.25, 0.3) is 0 Å². The number of hydrogen-bond donors (Lipinski definition) is 0. The van der Waals surface area contributed by atoms with E-state index < -0.39 is 0 Å². The van der Waals surface area contributed by atoms with Crippen molar-refractivity contribution in [3.8, 4) is 0 Å². The smallest absolute Gasteiger partial charge is 0.0568 e. The van der Waals surface area contributed by atoms with Gasteiger partial charge in [-0.3, -0.25) is 0 Å². The third-order valence-corrected chi connectivity index (χ3v) is 5.29. The molecule has 2 aromatic rings. The summed E-state index contributed by atoms with van der Waals surface area (Å²) in [6.45, 7) is 4.53. The van der Waals surface area contributed by atoms with Crippen molar-refractivity contribution in [2.24, 2.45) is 16.1 Å².